The van der Waals surface area contributed by atoms with Crippen LogP contribution >= 0.6 is 0 Å². The number of nitrogens with one attached hydrogen (secondary N) is 1. The van der Waals surface area contributed by atoms with Crippen LogP contribution in [0.3, 0.4) is 0 Å². The number of rotatable bonds is 4. The summed E-state index contributed by atoms with van der Waals surface area (Å²) in [6.45, 7) is 3.42. The second-order valence-electron chi connectivity index (χ2n) is 6.00. The topological polar surface area (TPSA) is 79.2 Å². The van der Waals surface area contributed by atoms with Crippen LogP contribution in [0.25, 0.3) is 10.9 Å². The number of para-hydroxylation sites is 1. The molecule has 1 atom stereocenters. The van der Waals surface area contributed by atoms with Crippen molar-refractivity contribution in [2.45, 2.75) is 25.8 Å². The number of primary amides is 1. The maximum Gasteiger partial charge on any atom is 0.220 e. The highest BCUT2D eigenvalue weighted by molar-refractivity contribution is 6.10. The number of hydrogen-bond donors (Lipinski definition) is 2. The molecule has 0 radical (unpaired) electrons. The van der Waals surface area contributed by atoms with Gasteiger partial charge >= 0.3 is 0 Å². The molecule has 1 aliphatic heterocycles. The van der Waals surface area contributed by atoms with E-state index in [4.69, 9.17) is 5.73 Å². The molecule has 1 fully saturated rings. The lowest BCUT2D eigenvalue weighted by molar-refractivity contribution is -0.123. The number of ketones is 1. The fourth-order valence-electron chi connectivity index (χ4n) is 3.24. The first kappa shape index (κ1) is 14.8. The molecule has 0 spiro atoms. The molecule has 1 aliphatic rings. The zero-order chi connectivity index (χ0) is 15.7. The molecule has 3 rings (SSSR count). The molecule has 0 aliphatic carbocycles. The minimum atomic E-state index is -0.227. The first-order valence-electron chi connectivity index (χ1n) is 7.71. The van der Waals surface area contributed by atoms with E-state index in [0.717, 1.165) is 42.4 Å². The van der Waals surface area contributed by atoms with Crippen LogP contribution in [-0.2, 0) is 4.79 Å². The second-order valence-corrected chi connectivity index (χ2v) is 6.00. The average molecular weight is 299 g/mol. The highest BCUT2D eigenvalue weighted by Crippen LogP contribution is 2.23. The van der Waals surface area contributed by atoms with Crippen LogP contribution in [-0.4, -0.2) is 40.7 Å². The van der Waals surface area contributed by atoms with Crippen LogP contribution in [0.5, 0.6) is 0 Å². The van der Waals surface area contributed by atoms with Crippen LogP contribution in [0.4, 0.5) is 0 Å². The first-order valence-corrected chi connectivity index (χ1v) is 7.71. The molecule has 1 aromatic carbocycles. The van der Waals surface area contributed by atoms with E-state index in [1.807, 2.05) is 31.2 Å². The Morgan fingerprint density at radius 1 is 1.27 bits per heavy atom. The van der Waals surface area contributed by atoms with Crippen molar-refractivity contribution in [1.29, 1.82) is 0 Å². The van der Waals surface area contributed by atoms with Crippen LogP contribution in [0, 0.1) is 5.92 Å². The Labute approximate surface area is 129 Å². The van der Waals surface area contributed by atoms with Gasteiger partial charge in [0.05, 0.1) is 6.04 Å². The number of piperidine rings is 1. The number of nitrogens with two attached hydrogens (primary N) is 1. The van der Waals surface area contributed by atoms with Gasteiger partial charge in [-0.1, -0.05) is 18.2 Å². The largest absolute Gasteiger partial charge is 0.369 e. The minimum Gasteiger partial charge on any atom is -0.369 e. The first-order chi connectivity index (χ1) is 10.6. The van der Waals surface area contributed by atoms with Gasteiger partial charge in [-0.05, 0) is 38.9 Å². The molecule has 0 bridgehead atoms. The predicted molar refractivity (Wildman–Crippen MR) is 85.6 cm³/mol. The zero-order valence-electron chi connectivity index (χ0n) is 12.7. The Morgan fingerprint density at radius 2 is 1.95 bits per heavy atom. The number of Topliss-reactive ketones (excluding diaryl/α,β-unsaturated/α-hetero) is 1. The maximum atomic E-state index is 12.8. The highest BCUT2D eigenvalue weighted by atomic mass is 16.1. The van der Waals surface area contributed by atoms with E-state index < -0.39 is 0 Å². The van der Waals surface area contributed by atoms with Gasteiger partial charge in [0.15, 0.2) is 5.78 Å². The fraction of sp³-hybridized carbons (Fsp3) is 0.412. The SMILES string of the molecule is C[C@@H](C(=O)c1c[nH]c2ccccc12)N1CCC(C(N)=O)CC1. The number of nitrogens with zero attached hydrogens (tertiary/aromatic N) is 1. The van der Waals surface area contributed by atoms with Crippen molar-refractivity contribution in [3.8, 4) is 0 Å². The number of benzene rings is 1. The summed E-state index contributed by atoms with van der Waals surface area (Å²) < 4.78 is 0. The molecule has 0 unspecified atom stereocenters. The van der Waals surface area contributed by atoms with Crippen molar-refractivity contribution in [3.63, 3.8) is 0 Å². The second kappa shape index (κ2) is 5.93. The minimum absolute atomic E-state index is 0.0494. The molecule has 1 aromatic heterocycles. The quantitative estimate of drug-likeness (QED) is 0.847. The molecule has 116 valence electrons. The summed E-state index contributed by atoms with van der Waals surface area (Å²) in [7, 11) is 0. The summed E-state index contributed by atoms with van der Waals surface area (Å²) >= 11 is 0. The number of fused-ring (bicyclic) bond motifs is 1. The number of carbonyl (C=O) groups is 2. The standard InChI is InChI=1S/C17H21N3O2/c1-11(20-8-6-12(7-9-20)17(18)22)16(21)14-10-19-15-5-3-2-4-13(14)15/h2-5,10-12,19H,6-9H2,1H3,(H2,18,22)/t11-/m0/s1. The molecule has 3 N–H and O–H groups in total. The Bertz CT molecular complexity index is 699. The van der Waals surface area contributed by atoms with E-state index in [1.54, 1.807) is 6.20 Å². The summed E-state index contributed by atoms with van der Waals surface area (Å²) in [5, 5.41) is 0.964. The molecule has 1 saturated heterocycles. The monoisotopic (exact) mass is 299 g/mol. The lowest BCUT2D eigenvalue weighted by atomic mass is 9.94. The smallest absolute Gasteiger partial charge is 0.220 e. The summed E-state index contributed by atoms with van der Waals surface area (Å²) in [5.74, 6) is -0.156. The van der Waals surface area contributed by atoms with Gasteiger partial charge in [0.25, 0.3) is 0 Å². The number of amides is 1. The maximum absolute atomic E-state index is 12.8. The number of H-pyrrole nitrogens is 1. The highest BCUT2D eigenvalue weighted by Gasteiger charge is 2.29. The number of carbonyl (C=O) groups excluding carboxylic acids is 2. The Hall–Kier alpha value is -2.14. The van der Waals surface area contributed by atoms with Crippen molar-refractivity contribution in [2.24, 2.45) is 11.7 Å². The van der Waals surface area contributed by atoms with Gasteiger partial charge in [-0.3, -0.25) is 14.5 Å². The van der Waals surface area contributed by atoms with E-state index in [-0.39, 0.29) is 23.7 Å². The Kier molecular flexibility index (Phi) is 3.98. The molecule has 5 nitrogen and oxygen atoms in total. The zero-order valence-corrected chi connectivity index (χ0v) is 12.7. The van der Waals surface area contributed by atoms with Gasteiger partial charge in [0.2, 0.25) is 5.91 Å². The third kappa shape index (κ3) is 2.64. The van der Waals surface area contributed by atoms with Crippen LogP contribution in [0.2, 0.25) is 0 Å². The van der Waals surface area contributed by atoms with Crippen molar-refractivity contribution in [2.75, 3.05) is 13.1 Å². The molecule has 2 aromatic rings. The summed E-state index contributed by atoms with van der Waals surface area (Å²) in [6, 6.07) is 7.63. The summed E-state index contributed by atoms with van der Waals surface area (Å²) in [5.41, 5.74) is 7.07. The Balaban J connectivity index is 1.74. The number of likely N-dealkylation sites (tertiary alicyclic amines) is 1. The summed E-state index contributed by atoms with van der Waals surface area (Å²) in [6.07, 6.45) is 3.27. The Morgan fingerprint density at radius 3 is 2.64 bits per heavy atom. The van der Waals surface area contributed by atoms with Gasteiger partial charge in [0, 0.05) is 28.6 Å². The molecule has 0 saturated carbocycles. The van der Waals surface area contributed by atoms with E-state index in [1.165, 1.54) is 0 Å². The van der Waals surface area contributed by atoms with E-state index in [9.17, 15) is 9.59 Å². The van der Waals surface area contributed by atoms with Crippen LogP contribution in [0.15, 0.2) is 30.5 Å². The van der Waals surface area contributed by atoms with Crippen molar-refractivity contribution in [1.82, 2.24) is 9.88 Å². The number of hydrogen-bond acceptors (Lipinski definition) is 3. The van der Waals surface area contributed by atoms with Gasteiger partial charge in [-0.25, -0.2) is 0 Å². The lowest BCUT2D eigenvalue weighted by Gasteiger charge is -2.34. The number of aromatic amines is 1. The number of aromatic nitrogens is 1. The molecule has 22 heavy (non-hydrogen) atoms. The van der Waals surface area contributed by atoms with E-state index in [2.05, 4.69) is 9.88 Å². The van der Waals surface area contributed by atoms with Crippen molar-refractivity contribution >= 4 is 22.6 Å². The molecular formula is C17H21N3O2. The van der Waals surface area contributed by atoms with E-state index >= 15 is 0 Å². The lowest BCUT2D eigenvalue weighted by Crippen LogP contribution is -2.45. The van der Waals surface area contributed by atoms with Crippen molar-refractivity contribution in [3.05, 3.63) is 36.0 Å². The third-order valence-electron chi connectivity index (χ3n) is 4.71. The van der Waals surface area contributed by atoms with Gasteiger partial charge < -0.3 is 10.7 Å². The van der Waals surface area contributed by atoms with Crippen LogP contribution in [0.1, 0.15) is 30.1 Å². The molecule has 1 amide bonds. The molecule has 5 heteroatoms. The third-order valence-corrected chi connectivity index (χ3v) is 4.71. The van der Waals surface area contributed by atoms with E-state index in [0.29, 0.717) is 0 Å². The van der Waals surface area contributed by atoms with Gasteiger partial charge in [0.1, 0.15) is 0 Å². The fourth-order valence-corrected chi connectivity index (χ4v) is 3.24. The van der Waals surface area contributed by atoms with Crippen LogP contribution < -0.4 is 5.73 Å². The average Bonchev–Trinajstić information content (AvgIpc) is 2.97. The molecular weight excluding hydrogens is 278 g/mol. The normalized spacial score (nSPS) is 18.4. The predicted octanol–water partition coefficient (Wildman–Crippen LogP) is 1.94. The van der Waals surface area contributed by atoms with Gasteiger partial charge in [-0.15, -0.1) is 0 Å². The van der Waals surface area contributed by atoms with Gasteiger partial charge in [-0.2, -0.15) is 0 Å². The van der Waals surface area contributed by atoms with Crippen molar-refractivity contribution < 1.29 is 9.59 Å². The summed E-state index contributed by atoms with van der Waals surface area (Å²) in [4.78, 5) is 29.3. The molecule has 2 heterocycles.